The van der Waals surface area contributed by atoms with Crippen LogP contribution in [0.15, 0.2) is 214 Å². The van der Waals surface area contributed by atoms with E-state index in [0.29, 0.717) is 82.7 Å². The molecule has 0 bridgehead atoms. The maximum atomic E-state index is 6.52. The largest absolute Gasteiger partial charge is 0.494 e. The summed E-state index contributed by atoms with van der Waals surface area (Å²) in [6, 6.07) is 11.2. The van der Waals surface area contributed by atoms with Crippen LogP contribution >= 0.6 is 0 Å². The van der Waals surface area contributed by atoms with E-state index in [1.165, 1.54) is 143 Å². The van der Waals surface area contributed by atoms with Gasteiger partial charge in [0.25, 0.3) is 0 Å². The van der Waals surface area contributed by atoms with Crippen molar-refractivity contribution in [2.45, 2.75) is 331 Å². The first kappa shape index (κ1) is 80.8. The molecule has 14 unspecified atom stereocenters. The number of nitrogens with zero attached hydrogens (tertiary/aromatic N) is 2. The monoisotopic (exact) mass is 1460 g/mol. The molecule has 0 saturated carbocycles. The van der Waals surface area contributed by atoms with Crippen LogP contribution in [0.3, 0.4) is 0 Å². The Kier molecular flexibility index (Phi) is 25.3. The van der Waals surface area contributed by atoms with Gasteiger partial charge >= 0.3 is 14.2 Å². The molecule has 1 aromatic carbocycles. The molecule has 6 nitrogen and oxygen atoms in total. The molecule has 13 rings (SSSR count). The number of allylic oxidation sites excluding steroid dienone is 26. The molecular formula is C100H142B2N2O4. The van der Waals surface area contributed by atoms with E-state index in [0.717, 1.165) is 50.4 Å². The molecule has 0 radical (unpaired) electrons. The molecule has 582 valence electrons. The second kappa shape index (κ2) is 33.8. The number of rotatable bonds is 24. The van der Waals surface area contributed by atoms with Gasteiger partial charge in [0.05, 0.1) is 28.4 Å². The van der Waals surface area contributed by atoms with E-state index in [-0.39, 0.29) is 48.1 Å². The minimum absolute atomic E-state index is 0.161. The van der Waals surface area contributed by atoms with Gasteiger partial charge in [0, 0.05) is 53.2 Å². The van der Waals surface area contributed by atoms with E-state index in [2.05, 4.69) is 292 Å². The second-order valence-corrected chi connectivity index (χ2v) is 39.6. The fourth-order valence-electron chi connectivity index (χ4n) is 20.5. The lowest BCUT2D eigenvalue weighted by molar-refractivity contribution is 0.00578. The smallest absolute Gasteiger partial charge is 0.399 e. The van der Waals surface area contributed by atoms with Crippen LogP contribution in [0, 0.1) is 64.1 Å². The van der Waals surface area contributed by atoms with Crippen molar-refractivity contribution in [3.63, 3.8) is 0 Å². The van der Waals surface area contributed by atoms with Crippen molar-refractivity contribution >= 4 is 19.9 Å². The van der Waals surface area contributed by atoms with Crippen molar-refractivity contribution in [3.05, 3.63) is 219 Å². The van der Waals surface area contributed by atoms with Crippen molar-refractivity contribution in [2.24, 2.45) is 64.1 Å². The van der Waals surface area contributed by atoms with Crippen LogP contribution < -0.4 is 4.90 Å². The highest BCUT2D eigenvalue weighted by molar-refractivity contribution is 6.56. The Morgan fingerprint density at radius 2 is 1.10 bits per heavy atom. The van der Waals surface area contributed by atoms with E-state index in [9.17, 15) is 0 Å². The van der Waals surface area contributed by atoms with Gasteiger partial charge in [-0.15, -0.1) is 0 Å². The van der Waals surface area contributed by atoms with Gasteiger partial charge < -0.3 is 23.5 Å². The van der Waals surface area contributed by atoms with Crippen LogP contribution in [0.25, 0.3) is 0 Å². The summed E-state index contributed by atoms with van der Waals surface area (Å²) in [4.78, 5) is 5.79. The summed E-state index contributed by atoms with van der Waals surface area (Å²) in [6.45, 7) is 41.4. The second-order valence-electron chi connectivity index (χ2n) is 39.6. The molecule has 8 heteroatoms. The number of benzene rings is 1. The van der Waals surface area contributed by atoms with Crippen molar-refractivity contribution in [2.75, 3.05) is 4.90 Å². The van der Waals surface area contributed by atoms with Crippen LogP contribution in [-0.4, -0.2) is 65.7 Å². The third kappa shape index (κ3) is 18.2. The highest BCUT2D eigenvalue weighted by Gasteiger charge is 2.54. The van der Waals surface area contributed by atoms with Crippen molar-refractivity contribution in [1.82, 2.24) is 4.90 Å². The predicted molar refractivity (Wildman–Crippen MR) is 460 cm³/mol. The predicted octanol–water partition coefficient (Wildman–Crippen LogP) is 26.4. The van der Waals surface area contributed by atoms with Crippen molar-refractivity contribution < 1.29 is 18.6 Å². The summed E-state index contributed by atoms with van der Waals surface area (Å²) in [5.41, 5.74) is 17.0. The summed E-state index contributed by atoms with van der Waals surface area (Å²) in [6.07, 6.45) is 84.8. The molecular weight excluding hydrogens is 1310 g/mol. The normalized spacial score (nSPS) is 32.4. The van der Waals surface area contributed by atoms with Crippen molar-refractivity contribution in [1.29, 1.82) is 0 Å². The average molecular weight is 1460 g/mol. The van der Waals surface area contributed by atoms with Crippen LogP contribution in [0.1, 0.15) is 290 Å². The van der Waals surface area contributed by atoms with Gasteiger partial charge in [-0.2, -0.15) is 0 Å². The van der Waals surface area contributed by atoms with Crippen molar-refractivity contribution in [3.8, 4) is 0 Å². The zero-order valence-corrected chi connectivity index (χ0v) is 70.7. The summed E-state index contributed by atoms with van der Waals surface area (Å²) in [5, 5.41) is 0. The lowest BCUT2D eigenvalue weighted by Gasteiger charge is -2.46. The summed E-state index contributed by atoms with van der Waals surface area (Å²) >= 11 is 0. The van der Waals surface area contributed by atoms with Crippen LogP contribution in [-0.2, 0) is 18.6 Å². The average Bonchev–Trinajstić information content (AvgIpc) is 1.16. The number of hydrogen-bond donors (Lipinski definition) is 0. The Balaban J connectivity index is 0.758. The standard InChI is InChI=1S/C100H142B2N2O4/c1-19-21-23-25-27-79-67-94(92-64-62-90(66-70(92)4)104(86-55-39-76(40-56-86)72-31-47-82(48-32-72)96(8,9)10)88-59-43-78(44-60-88)74-35-51-84(52-36-74)102-107-99(15,16)100(17,18)108-102)80(28-26-24-22-20-2)68-93(79)91-63-61-89(65-69(91)3)103(85-53-37-75(38-54-85)71-29-45-81(46-30-71)95(5,6)7)87-57-41-77(42-58-87)73-33-49-83(50-34-73)101-105-97(11,12)98(13,14)106-101/h29,31,33,35,37-43,45-47,49-55,57,59,61,66-67,69,71-74,78,82,86-88,90-93H,19-28,30,32,34,36,44,48,56,58,60,62-65,68H2,1-18H3. The Hall–Kier alpha value is -5.21. The molecule has 10 aliphatic carbocycles. The van der Waals surface area contributed by atoms with E-state index in [1.54, 1.807) is 27.9 Å². The Labute approximate surface area is 658 Å². The highest BCUT2D eigenvalue weighted by atomic mass is 16.7. The fraction of sp³-hybridized carbons (Fsp3) is 0.620. The first-order valence-corrected chi connectivity index (χ1v) is 43.9. The summed E-state index contributed by atoms with van der Waals surface area (Å²) in [5.74, 6) is 5.15. The van der Waals surface area contributed by atoms with Gasteiger partial charge in [-0.05, 0) is 275 Å². The van der Waals surface area contributed by atoms with Crippen LogP contribution in [0.2, 0.25) is 0 Å². The van der Waals surface area contributed by atoms with Gasteiger partial charge in [-0.3, -0.25) is 4.90 Å². The third-order valence-electron chi connectivity index (χ3n) is 29.0. The number of hydrogen-bond acceptors (Lipinski definition) is 6. The van der Waals surface area contributed by atoms with Gasteiger partial charge in [0.15, 0.2) is 0 Å². The highest BCUT2D eigenvalue weighted by Crippen LogP contribution is 2.52. The molecule has 2 heterocycles. The quantitative estimate of drug-likeness (QED) is 0.0584. The Bertz CT molecular complexity index is 3850. The topological polar surface area (TPSA) is 43.4 Å². The van der Waals surface area contributed by atoms with Gasteiger partial charge in [-0.1, -0.05) is 263 Å². The minimum Gasteiger partial charge on any atom is -0.399 e. The molecule has 14 atom stereocenters. The molecule has 0 spiro atoms. The number of anilines is 1. The maximum Gasteiger partial charge on any atom is 0.494 e. The lowest BCUT2D eigenvalue weighted by atomic mass is 9.64. The van der Waals surface area contributed by atoms with E-state index >= 15 is 0 Å². The Morgan fingerprint density at radius 1 is 0.491 bits per heavy atom. The summed E-state index contributed by atoms with van der Waals surface area (Å²) < 4.78 is 26.0. The van der Waals surface area contributed by atoms with Gasteiger partial charge in [0.1, 0.15) is 0 Å². The van der Waals surface area contributed by atoms with Crippen LogP contribution in [0.4, 0.5) is 5.69 Å². The molecule has 108 heavy (non-hydrogen) atoms. The van der Waals surface area contributed by atoms with E-state index < -0.39 is 0 Å². The first-order valence-electron chi connectivity index (χ1n) is 43.9. The molecule has 12 aliphatic rings. The molecule has 0 N–H and O–H groups in total. The van der Waals surface area contributed by atoms with Gasteiger partial charge in [-0.25, -0.2) is 0 Å². The Morgan fingerprint density at radius 3 is 1.63 bits per heavy atom. The fourth-order valence-corrected chi connectivity index (χ4v) is 20.5. The molecule has 1 aromatic rings. The van der Waals surface area contributed by atoms with Gasteiger partial charge in [0.2, 0.25) is 0 Å². The maximum absolute atomic E-state index is 6.52. The van der Waals surface area contributed by atoms with E-state index in [4.69, 9.17) is 18.6 Å². The zero-order valence-electron chi connectivity index (χ0n) is 70.7. The molecule has 2 aliphatic heterocycles. The molecule has 0 aromatic heterocycles. The SMILES string of the molecule is CCCCCCC1=CC(C2CCC(N(C3C=CC(C4C=CC(C(C)(C)C)CC4)=CC3)C3C=CC(C4C=CC(B5OC(C)(C)C(C)(C)O5)=CC4)CC3)C=C2C)=C(CCCCCC)CC1C1CC=C(N(c2ccc(C3C=CC(C(C)(C)C)=CC3)cc2)C2C=CC(C3C=CC(B4OC(C)(C)C(C)(C)O4)=CC3)=CC2)CC1C. The third-order valence-corrected chi connectivity index (χ3v) is 29.0. The molecule has 2 saturated heterocycles. The molecule has 2 fully saturated rings. The molecule has 0 amide bonds. The lowest BCUT2D eigenvalue weighted by Crippen LogP contribution is -2.50. The minimum atomic E-state index is -0.354. The first-order chi connectivity index (χ1) is 51.5. The van der Waals surface area contributed by atoms with Crippen LogP contribution in [0.5, 0.6) is 0 Å². The zero-order chi connectivity index (χ0) is 76.5. The summed E-state index contributed by atoms with van der Waals surface area (Å²) in [7, 11) is -0.623. The van der Waals surface area contributed by atoms with E-state index in [1.807, 2.05) is 0 Å². The number of unbranched alkanes of at least 4 members (excludes halogenated alkanes) is 6.